The summed E-state index contributed by atoms with van der Waals surface area (Å²) < 4.78 is 58.4. The second-order valence-electron chi connectivity index (χ2n) is 10.9. The first-order valence-corrected chi connectivity index (χ1v) is 15.6. The molecular weight excluding hydrogens is 526 g/mol. The van der Waals surface area contributed by atoms with Crippen LogP contribution in [0.2, 0.25) is 0 Å². The van der Waals surface area contributed by atoms with Crippen LogP contribution in [0.3, 0.4) is 0 Å². The number of fused-ring (bicyclic) bond motifs is 1. The predicted molar refractivity (Wildman–Crippen MR) is 148 cm³/mol. The van der Waals surface area contributed by atoms with Crippen molar-refractivity contribution in [2.45, 2.75) is 51.5 Å². The van der Waals surface area contributed by atoms with Crippen molar-refractivity contribution in [3.05, 3.63) is 36.2 Å². The zero-order valence-electron chi connectivity index (χ0n) is 22.4. The average molecular weight is 563 g/mol. The molecule has 0 radical (unpaired) electrons. The van der Waals surface area contributed by atoms with Crippen LogP contribution in [0.5, 0.6) is 0 Å². The number of imidazole rings is 1. The minimum Gasteiger partial charge on any atom is -0.378 e. The third-order valence-electron chi connectivity index (χ3n) is 7.55. The zero-order valence-corrected chi connectivity index (χ0v) is 23.2. The molecule has 0 bridgehead atoms. The number of nitrogens with one attached hydrogen (secondary N) is 1. The summed E-state index contributed by atoms with van der Waals surface area (Å²) in [6.45, 7) is 4.45. The number of rotatable bonds is 9. The Hall–Kier alpha value is -2.86. The van der Waals surface area contributed by atoms with Gasteiger partial charge in [-0.1, -0.05) is 19.1 Å². The van der Waals surface area contributed by atoms with Gasteiger partial charge in [0.2, 0.25) is 5.95 Å². The highest BCUT2D eigenvalue weighted by atomic mass is 32.2. The molecule has 2 fully saturated rings. The molecule has 1 atom stereocenters. The number of nitrogens with zero attached hydrogens (tertiary/aromatic N) is 5. The summed E-state index contributed by atoms with van der Waals surface area (Å²) in [6.07, 6.45) is 3.22. The van der Waals surface area contributed by atoms with Crippen LogP contribution in [0, 0.1) is 11.8 Å². The molecule has 1 unspecified atom stereocenters. The van der Waals surface area contributed by atoms with E-state index in [1.54, 1.807) is 30.3 Å². The summed E-state index contributed by atoms with van der Waals surface area (Å²) >= 11 is 0. The third kappa shape index (κ3) is 6.84. The van der Waals surface area contributed by atoms with Gasteiger partial charge >= 0.3 is 0 Å². The second-order valence-corrected chi connectivity index (χ2v) is 13.1. The van der Waals surface area contributed by atoms with Crippen molar-refractivity contribution >= 4 is 32.6 Å². The number of aromatic nitrogens is 4. The van der Waals surface area contributed by atoms with Crippen molar-refractivity contribution in [1.82, 2.24) is 19.5 Å². The van der Waals surface area contributed by atoms with Crippen LogP contribution < -0.4 is 10.2 Å². The highest BCUT2D eigenvalue weighted by Gasteiger charge is 2.26. The van der Waals surface area contributed by atoms with Crippen molar-refractivity contribution in [2.24, 2.45) is 11.8 Å². The molecule has 9 nitrogen and oxygen atoms in total. The van der Waals surface area contributed by atoms with Crippen LogP contribution in [-0.2, 0) is 14.6 Å². The van der Waals surface area contributed by atoms with Crippen LogP contribution in [0.15, 0.2) is 30.3 Å². The molecule has 3 heterocycles. The van der Waals surface area contributed by atoms with Crippen LogP contribution in [0.25, 0.3) is 16.9 Å². The Bertz CT molecular complexity index is 1390. The summed E-state index contributed by atoms with van der Waals surface area (Å²) in [5.41, 5.74) is 1.05. The Balaban J connectivity index is 1.39. The molecule has 2 aromatic heterocycles. The van der Waals surface area contributed by atoms with E-state index in [0.29, 0.717) is 60.8 Å². The summed E-state index contributed by atoms with van der Waals surface area (Å²) in [5.74, 6) is 1.91. The Kier molecular flexibility index (Phi) is 8.32. The number of halogens is 2. The van der Waals surface area contributed by atoms with Gasteiger partial charge in [0.1, 0.15) is 21.5 Å². The summed E-state index contributed by atoms with van der Waals surface area (Å²) in [5, 5.41) is 3.47. The van der Waals surface area contributed by atoms with Gasteiger partial charge in [0.15, 0.2) is 5.82 Å². The number of benzene rings is 1. The Morgan fingerprint density at radius 2 is 1.74 bits per heavy atom. The number of hydrogen-bond acceptors (Lipinski definition) is 8. The van der Waals surface area contributed by atoms with Gasteiger partial charge < -0.3 is 15.0 Å². The largest absolute Gasteiger partial charge is 0.378 e. The van der Waals surface area contributed by atoms with E-state index in [1.807, 2.05) is 6.92 Å². The molecule has 1 saturated carbocycles. The fraction of sp³-hybridized carbons (Fsp3) is 0.593. The number of anilines is 2. The number of morpholine rings is 1. The molecule has 1 aliphatic heterocycles. The first-order valence-electron chi connectivity index (χ1n) is 13.6. The first-order chi connectivity index (χ1) is 18.7. The lowest BCUT2D eigenvalue weighted by Crippen LogP contribution is -2.37. The van der Waals surface area contributed by atoms with Gasteiger partial charge in [0.05, 0.1) is 30.0 Å². The van der Waals surface area contributed by atoms with Crippen LogP contribution >= 0.6 is 0 Å². The van der Waals surface area contributed by atoms with Crippen molar-refractivity contribution in [3.63, 3.8) is 0 Å². The molecule has 12 heteroatoms. The van der Waals surface area contributed by atoms with E-state index in [1.165, 1.54) is 10.8 Å². The summed E-state index contributed by atoms with van der Waals surface area (Å²) in [4.78, 5) is 15.8. The van der Waals surface area contributed by atoms with Gasteiger partial charge in [0, 0.05) is 31.5 Å². The highest BCUT2D eigenvalue weighted by Crippen LogP contribution is 2.33. The van der Waals surface area contributed by atoms with E-state index in [0.717, 1.165) is 32.1 Å². The van der Waals surface area contributed by atoms with E-state index in [2.05, 4.69) is 15.2 Å². The molecule has 1 aliphatic carbocycles. The molecule has 1 N–H and O–H groups in total. The van der Waals surface area contributed by atoms with Gasteiger partial charge in [-0.25, -0.2) is 22.2 Å². The number of para-hydroxylation sites is 2. The normalized spacial score (nSPS) is 21.4. The number of sulfone groups is 1. The third-order valence-corrected chi connectivity index (χ3v) is 8.72. The molecule has 1 aromatic carbocycles. The topological polar surface area (TPSA) is 102 Å². The van der Waals surface area contributed by atoms with Crippen molar-refractivity contribution in [1.29, 1.82) is 0 Å². The molecule has 3 aromatic rings. The van der Waals surface area contributed by atoms with Crippen LogP contribution in [0.4, 0.5) is 20.5 Å². The van der Waals surface area contributed by atoms with E-state index in [-0.39, 0.29) is 23.5 Å². The first kappa shape index (κ1) is 27.7. The van der Waals surface area contributed by atoms with Gasteiger partial charge in [-0.3, -0.25) is 4.57 Å². The molecular formula is C27H36F2N6O3S. The molecule has 0 amide bonds. The lowest BCUT2D eigenvalue weighted by atomic mass is 9.81. The lowest BCUT2D eigenvalue weighted by molar-refractivity contribution is 0.122. The van der Waals surface area contributed by atoms with Gasteiger partial charge in [-0.05, 0) is 56.1 Å². The van der Waals surface area contributed by atoms with E-state index >= 15 is 0 Å². The molecule has 39 heavy (non-hydrogen) atoms. The van der Waals surface area contributed by atoms with Crippen LogP contribution in [0.1, 0.15) is 51.3 Å². The number of ether oxygens (including phenoxy) is 1. The predicted octanol–water partition coefficient (Wildman–Crippen LogP) is 4.63. The summed E-state index contributed by atoms with van der Waals surface area (Å²) in [7, 11) is -2.98. The smallest absolute Gasteiger partial charge is 0.296 e. The highest BCUT2D eigenvalue weighted by molar-refractivity contribution is 7.90. The van der Waals surface area contributed by atoms with Crippen molar-refractivity contribution in [2.75, 3.05) is 48.5 Å². The minimum atomic E-state index is -2.98. The van der Waals surface area contributed by atoms with Crippen molar-refractivity contribution < 1.29 is 21.9 Å². The number of hydrogen-bond donors (Lipinski definition) is 1. The van der Waals surface area contributed by atoms with E-state index in [9.17, 15) is 17.2 Å². The lowest BCUT2D eigenvalue weighted by Gasteiger charge is -2.31. The minimum absolute atomic E-state index is 0.139. The Morgan fingerprint density at radius 3 is 2.44 bits per heavy atom. The van der Waals surface area contributed by atoms with Crippen molar-refractivity contribution in [3.8, 4) is 5.82 Å². The zero-order chi connectivity index (χ0) is 27.6. The maximum absolute atomic E-state index is 14.1. The fourth-order valence-electron chi connectivity index (χ4n) is 5.87. The maximum atomic E-state index is 14.1. The second kappa shape index (κ2) is 11.7. The molecule has 2 aliphatic rings. The molecule has 5 rings (SSSR count). The maximum Gasteiger partial charge on any atom is 0.296 e. The van der Waals surface area contributed by atoms with E-state index < -0.39 is 16.3 Å². The fourth-order valence-corrected chi connectivity index (χ4v) is 7.04. The number of alkyl halides is 2. The summed E-state index contributed by atoms with van der Waals surface area (Å²) in [6, 6.07) is 8.96. The Labute approximate surface area is 227 Å². The standard InChI is InChI=1S/C27H36F2N6O3S/c1-18(17-39(2,36)37)15-19-7-9-20(10-8-19)30-27-32-23(34-11-13-38-14-12-34)16-24(33-27)35-22-6-4-3-5-21(22)31-26(35)25(28)29/h3-6,16,18-20,25H,7-15,17H2,1-2H3,(H,30,32,33). The van der Waals surface area contributed by atoms with Gasteiger partial charge in [0.25, 0.3) is 6.43 Å². The van der Waals surface area contributed by atoms with Gasteiger partial charge in [-0.15, -0.1) is 0 Å². The molecule has 1 saturated heterocycles. The SMILES string of the molecule is CC(CC1CCC(Nc2nc(N3CCOCC3)cc(-n3c(C(F)F)nc4ccccc43)n2)CC1)CS(C)(=O)=O. The molecule has 0 spiro atoms. The average Bonchev–Trinajstić information content (AvgIpc) is 3.29. The van der Waals surface area contributed by atoms with Crippen LogP contribution in [-0.4, -0.2) is 72.3 Å². The van der Waals surface area contributed by atoms with Gasteiger partial charge in [-0.2, -0.15) is 9.97 Å². The Morgan fingerprint density at radius 1 is 1.05 bits per heavy atom. The quantitative estimate of drug-likeness (QED) is 0.403. The van der Waals surface area contributed by atoms with E-state index in [4.69, 9.17) is 14.7 Å². The molecule has 212 valence electrons. The monoisotopic (exact) mass is 562 g/mol.